The largest absolute Gasteiger partial charge is 1.00 e. The maximum atomic E-state index is 13.3. The molecule has 4 aromatic rings. The molecule has 6 nitrogen and oxygen atoms in total. The van der Waals surface area contributed by atoms with Crippen LogP contribution in [0.25, 0.3) is 11.1 Å². The predicted molar refractivity (Wildman–Crippen MR) is 158 cm³/mol. The molecule has 0 saturated carbocycles. The number of amides is 1. The molecule has 1 amide bonds. The molecule has 0 saturated heterocycles. The van der Waals surface area contributed by atoms with Crippen LogP contribution in [0.5, 0.6) is 11.6 Å². The number of nitrogens with one attached hydrogen (secondary N) is 1. The fourth-order valence-electron chi connectivity index (χ4n) is 4.29. The van der Waals surface area contributed by atoms with Crippen molar-refractivity contribution in [3.8, 4) is 22.8 Å². The van der Waals surface area contributed by atoms with Gasteiger partial charge in [0.25, 0.3) is 5.91 Å². The molecule has 1 atom stereocenters. The van der Waals surface area contributed by atoms with Gasteiger partial charge in [0.1, 0.15) is 11.8 Å². The quantitative estimate of drug-likeness (QED) is 0.263. The predicted octanol–water partition coefficient (Wildman–Crippen LogP) is 3.69. The van der Waals surface area contributed by atoms with Crippen LogP contribution in [-0.4, -0.2) is 40.0 Å². The number of carboxylic acids is 1. The number of nitrogens with zero attached hydrogens (tertiary/aromatic N) is 1. The summed E-state index contributed by atoms with van der Waals surface area (Å²) in [6.45, 7) is 2.01. The molecule has 2 N–H and O–H groups in total. The molecule has 0 radical (unpaired) electrons. The van der Waals surface area contributed by atoms with Crippen LogP contribution in [0.2, 0.25) is 0 Å². The number of aromatic nitrogens is 1. The van der Waals surface area contributed by atoms with Crippen LogP contribution in [0.1, 0.15) is 34.9 Å². The maximum absolute atomic E-state index is 13.3. The fourth-order valence-corrected chi connectivity index (χ4v) is 4.76. The van der Waals surface area contributed by atoms with Crippen molar-refractivity contribution in [1.82, 2.24) is 10.3 Å². The van der Waals surface area contributed by atoms with Gasteiger partial charge in [-0.05, 0) is 84.2 Å². The fraction of sp³-hybridized carbons (Fsp3) is 0.219. The topological polar surface area (TPSA) is 88.5 Å². The monoisotopic (exact) mass is 548 g/mol. The standard InChI is InChI=1S/C32H32N2O4S.Li.H/c1-22-8-6-7-11-26(22)28-20-23(14-16-27(28)31(35)34-29(32(36)37)18-19-39-2)12-13-24-15-17-30(33-21-24)38-25-9-4-3-5-10-25;;/h3-11,14-17,20-21,29H,12-13,18-19H2,1-2H3,(H,34,35)(H,36,37);;/q;+1;-1/t29-;;/m0../s1. The van der Waals surface area contributed by atoms with Gasteiger partial charge in [-0.1, -0.05) is 60.7 Å². The summed E-state index contributed by atoms with van der Waals surface area (Å²) in [5, 5.41) is 12.3. The molecular formula is C32H33LiN2O4S. The number of aliphatic carboxylic acids is 1. The number of rotatable bonds is 12. The van der Waals surface area contributed by atoms with Crippen molar-refractivity contribution in [2.45, 2.75) is 32.2 Å². The Morgan fingerprint density at radius 2 is 1.65 bits per heavy atom. The Morgan fingerprint density at radius 3 is 2.33 bits per heavy atom. The average Bonchev–Trinajstić information content (AvgIpc) is 2.95. The van der Waals surface area contributed by atoms with Crippen LogP contribution in [0.15, 0.2) is 91.1 Å². The molecule has 0 aliphatic rings. The first kappa shape index (κ1) is 31.0. The Morgan fingerprint density at radius 1 is 0.950 bits per heavy atom. The number of carbonyl (C=O) groups is 2. The Kier molecular flexibility index (Phi) is 11.9. The second-order valence-corrected chi connectivity index (χ2v) is 10.2. The number of hydrogen-bond acceptors (Lipinski definition) is 5. The Hall–Kier alpha value is -3.50. The zero-order valence-corrected chi connectivity index (χ0v) is 23.9. The number of carbonyl (C=O) groups excluding carboxylic acids is 1. The van der Waals surface area contributed by atoms with Crippen molar-refractivity contribution in [1.29, 1.82) is 0 Å². The minimum atomic E-state index is -1.03. The van der Waals surface area contributed by atoms with Gasteiger partial charge in [-0.15, -0.1) is 0 Å². The number of pyridine rings is 1. The number of para-hydroxylation sites is 1. The number of hydrogen-bond donors (Lipinski definition) is 2. The summed E-state index contributed by atoms with van der Waals surface area (Å²) in [5.41, 5.74) is 5.40. The molecule has 8 heteroatoms. The van der Waals surface area contributed by atoms with E-state index < -0.39 is 12.0 Å². The number of thioether (sulfide) groups is 1. The van der Waals surface area contributed by atoms with Gasteiger partial charge in [-0.3, -0.25) is 4.79 Å². The minimum Gasteiger partial charge on any atom is -1.00 e. The smallest absolute Gasteiger partial charge is 1.00 e. The van der Waals surface area contributed by atoms with Crippen molar-refractivity contribution in [3.63, 3.8) is 0 Å². The van der Waals surface area contributed by atoms with Crippen LogP contribution in [-0.2, 0) is 17.6 Å². The summed E-state index contributed by atoms with van der Waals surface area (Å²) in [5.74, 6) is 0.519. The zero-order valence-electron chi connectivity index (χ0n) is 24.1. The summed E-state index contributed by atoms with van der Waals surface area (Å²) >= 11 is 1.55. The molecule has 0 bridgehead atoms. The molecule has 202 valence electrons. The second-order valence-electron chi connectivity index (χ2n) is 9.26. The van der Waals surface area contributed by atoms with Gasteiger partial charge in [0.15, 0.2) is 0 Å². The van der Waals surface area contributed by atoms with Crippen LogP contribution >= 0.6 is 11.8 Å². The first-order chi connectivity index (χ1) is 18.9. The Bertz CT molecular complexity index is 1420. The van der Waals surface area contributed by atoms with E-state index in [1.165, 1.54) is 0 Å². The molecule has 40 heavy (non-hydrogen) atoms. The number of aryl methyl sites for hydroxylation is 3. The molecule has 3 aromatic carbocycles. The van der Waals surface area contributed by atoms with Crippen molar-refractivity contribution in [3.05, 3.63) is 113 Å². The van der Waals surface area contributed by atoms with E-state index in [0.29, 0.717) is 23.6 Å². The summed E-state index contributed by atoms with van der Waals surface area (Å²) in [7, 11) is 0. The third-order valence-corrected chi connectivity index (χ3v) is 7.09. The molecule has 0 spiro atoms. The van der Waals surface area contributed by atoms with E-state index >= 15 is 0 Å². The van der Waals surface area contributed by atoms with Gasteiger partial charge in [0.05, 0.1) is 0 Å². The molecule has 0 unspecified atom stereocenters. The molecule has 4 rings (SSSR count). The molecule has 1 heterocycles. The summed E-state index contributed by atoms with van der Waals surface area (Å²) in [6.07, 6.45) is 5.63. The van der Waals surface area contributed by atoms with Gasteiger partial charge in [0, 0.05) is 17.8 Å². The van der Waals surface area contributed by atoms with Crippen molar-refractivity contribution < 1.29 is 39.7 Å². The maximum Gasteiger partial charge on any atom is 1.00 e. The zero-order chi connectivity index (χ0) is 27.6. The van der Waals surface area contributed by atoms with Gasteiger partial charge >= 0.3 is 24.8 Å². The average molecular weight is 549 g/mol. The molecule has 0 aliphatic heterocycles. The molecule has 0 fully saturated rings. The van der Waals surface area contributed by atoms with Gasteiger partial charge in [-0.25, -0.2) is 9.78 Å². The van der Waals surface area contributed by atoms with E-state index in [0.717, 1.165) is 46.4 Å². The van der Waals surface area contributed by atoms with Crippen LogP contribution in [0.3, 0.4) is 0 Å². The first-order valence-corrected chi connectivity index (χ1v) is 14.2. The minimum absolute atomic E-state index is 0. The first-order valence-electron chi connectivity index (χ1n) is 12.8. The van der Waals surface area contributed by atoms with E-state index in [2.05, 4.69) is 10.3 Å². The summed E-state index contributed by atoms with van der Waals surface area (Å²) < 4.78 is 5.78. The second kappa shape index (κ2) is 15.3. The number of carboxylic acid groups (broad SMARTS) is 1. The van der Waals surface area contributed by atoms with E-state index in [1.54, 1.807) is 17.8 Å². The van der Waals surface area contributed by atoms with E-state index in [4.69, 9.17) is 4.74 Å². The van der Waals surface area contributed by atoms with E-state index in [9.17, 15) is 14.7 Å². The van der Waals surface area contributed by atoms with Crippen LogP contribution in [0.4, 0.5) is 0 Å². The molecule has 0 aliphatic carbocycles. The summed E-state index contributed by atoms with van der Waals surface area (Å²) in [6, 6.07) is 26.2. The third kappa shape index (κ3) is 8.50. The SMILES string of the molecule is CSCC[C@H](NC(=O)c1ccc(CCc2ccc(Oc3ccccc3)nc2)cc1-c1ccccc1C)C(=O)O.[H-].[Li+]. The summed E-state index contributed by atoms with van der Waals surface area (Å²) in [4.78, 5) is 29.4. The van der Waals surface area contributed by atoms with E-state index in [1.807, 2.05) is 98.2 Å². The van der Waals surface area contributed by atoms with Gasteiger partial charge in [-0.2, -0.15) is 11.8 Å². The van der Waals surface area contributed by atoms with Crippen molar-refractivity contribution in [2.75, 3.05) is 12.0 Å². The normalized spacial score (nSPS) is 11.2. The Labute approximate surface area is 253 Å². The van der Waals surface area contributed by atoms with Crippen LogP contribution < -0.4 is 28.9 Å². The Balaban J connectivity index is 0.00000294. The van der Waals surface area contributed by atoms with Gasteiger partial charge in [0.2, 0.25) is 5.88 Å². The van der Waals surface area contributed by atoms with Crippen LogP contribution in [0, 0.1) is 6.92 Å². The third-order valence-electron chi connectivity index (χ3n) is 6.44. The number of benzene rings is 3. The van der Waals surface area contributed by atoms with Crippen molar-refractivity contribution in [2.24, 2.45) is 0 Å². The van der Waals surface area contributed by atoms with Gasteiger partial charge < -0.3 is 16.6 Å². The molecular weight excluding hydrogens is 515 g/mol. The van der Waals surface area contributed by atoms with E-state index in [-0.39, 0.29) is 26.2 Å². The van der Waals surface area contributed by atoms with Crippen molar-refractivity contribution >= 4 is 23.6 Å². The number of ether oxygens (including phenoxy) is 1. The molecule has 1 aromatic heterocycles.